The third kappa shape index (κ3) is 6.10. The number of benzene rings is 1. The van der Waals surface area contributed by atoms with Crippen LogP contribution < -0.4 is 11.1 Å². The van der Waals surface area contributed by atoms with Crippen molar-refractivity contribution in [2.24, 2.45) is 11.7 Å². The fourth-order valence-electron chi connectivity index (χ4n) is 4.12. The molecule has 1 aliphatic heterocycles. The van der Waals surface area contributed by atoms with E-state index in [1.807, 2.05) is 30.5 Å². The molecule has 0 radical (unpaired) electrons. The number of H-pyrrole nitrogens is 1. The maximum absolute atomic E-state index is 13.8. The van der Waals surface area contributed by atoms with Gasteiger partial charge in [0, 0.05) is 23.5 Å². The van der Waals surface area contributed by atoms with Crippen LogP contribution in [0.2, 0.25) is 0 Å². The fraction of sp³-hybridized carbons (Fsp3) is 0.538. The van der Waals surface area contributed by atoms with Gasteiger partial charge in [0.15, 0.2) is 0 Å². The third-order valence-corrected chi connectivity index (χ3v) is 6.69. The first kappa shape index (κ1) is 28.5. The zero-order chi connectivity index (χ0) is 27.5. The Hall–Kier alpha value is -3.05. The summed E-state index contributed by atoms with van der Waals surface area (Å²) in [4.78, 5) is 56.7. The number of amides is 3. The van der Waals surface area contributed by atoms with Crippen LogP contribution in [0.15, 0.2) is 30.5 Å². The largest absolute Gasteiger partial charge is 0.456 e. The smallest absolute Gasteiger partial charge is 0.423 e. The molecule has 0 saturated carbocycles. The van der Waals surface area contributed by atoms with Crippen molar-refractivity contribution in [3.05, 3.63) is 36.0 Å². The van der Waals surface area contributed by atoms with Crippen LogP contribution in [-0.2, 0) is 30.3 Å². The number of fused-ring (bicyclic) bond motifs is 1. The minimum absolute atomic E-state index is 0.130. The van der Waals surface area contributed by atoms with Crippen LogP contribution in [0.5, 0.6) is 0 Å². The van der Waals surface area contributed by atoms with Crippen LogP contribution in [0.3, 0.4) is 0 Å². The van der Waals surface area contributed by atoms with E-state index >= 15 is 0 Å². The highest BCUT2D eigenvalue weighted by atomic mass is 32.2. The minimum Gasteiger partial charge on any atom is -0.456 e. The molecular weight excluding hydrogens is 496 g/mol. The molecule has 2 aromatic rings. The molecule has 11 heteroatoms. The molecule has 0 aliphatic carbocycles. The van der Waals surface area contributed by atoms with E-state index in [0.717, 1.165) is 15.8 Å². The second-order valence-electron chi connectivity index (χ2n) is 10.5. The van der Waals surface area contributed by atoms with Crippen molar-refractivity contribution in [1.29, 1.82) is 0 Å². The molecule has 1 aromatic carbocycles. The van der Waals surface area contributed by atoms with Gasteiger partial charge in [-0.25, -0.2) is 9.59 Å². The first-order valence-corrected chi connectivity index (χ1v) is 13.6. The van der Waals surface area contributed by atoms with Gasteiger partial charge >= 0.3 is 17.8 Å². The summed E-state index contributed by atoms with van der Waals surface area (Å²) >= 11 is 1.56. The molecule has 0 unspecified atom stereocenters. The summed E-state index contributed by atoms with van der Waals surface area (Å²) in [6.07, 6.45) is 2.93. The van der Waals surface area contributed by atoms with Crippen LogP contribution in [0.25, 0.3) is 10.9 Å². The normalized spacial score (nSPS) is 19.2. The lowest BCUT2D eigenvalue weighted by atomic mass is 9.94. The van der Waals surface area contributed by atoms with E-state index in [4.69, 9.17) is 15.2 Å². The standard InChI is InChI=1S/C26H36N4O6S/c1-15(2)20(29-21(31)18(27)11-12-37-6)22(32)30-24(34)36-26(30,23(33)35-25(3,4)5)13-16-14-28-19-10-8-7-9-17(16)19/h7-10,14-15,18,20,28H,11-13,27H2,1-6H3,(H,29,31)/t18-,20-,26+/m0/s1. The number of hydrogen-bond acceptors (Lipinski definition) is 8. The van der Waals surface area contributed by atoms with Crippen LogP contribution in [0.4, 0.5) is 4.79 Å². The molecule has 3 amide bonds. The number of aromatic nitrogens is 1. The molecule has 3 rings (SSSR count). The first-order chi connectivity index (χ1) is 17.3. The van der Waals surface area contributed by atoms with E-state index < -0.39 is 53.2 Å². The molecule has 1 aromatic heterocycles. The van der Waals surface area contributed by atoms with Gasteiger partial charge < -0.3 is 25.5 Å². The average Bonchev–Trinajstić information content (AvgIpc) is 3.21. The number of esters is 1. The molecule has 0 spiro atoms. The SMILES string of the molecule is CSCC[C@H](N)C(=O)N[C@H](C(=O)N1C(=O)O[C@]1(Cc1c[nH]c2ccccc12)C(=O)OC(C)(C)C)C(C)C. The number of aromatic amines is 1. The van der Waals surface area contributed by atoms with E-state index in [0.29, 0.717) is 17.7 Å². The highest BCUT2D eigenvalue weighted by Crippen LogP contribution is 2.38. The van der Waals surface area contributed by atoms with Crippen molar-refractivity contribution in [2.45, 2.75) is 70.9 Å². The van der Waals surface area contributed by atoms with Crippen molar-refractivity contribution in [3.8, 4) is 0 Å². The number of rotatable bonds is 10. The molecule has 202 valence electrons. The monoisotopic (exact) mass is 532 g/mol. The van der Waals surface area contributed by atoms with Crippen molar-refractivity contribution < 1.29 is 28.7 Å². The van der Waals surface area contributed by atoms with E-state index in [1.54, 1.807) is 52.6 Å². The second-order valence-corrected chi connectivity index (χ2v) is 11.5. The van der Waals surface area contributed by atoms with Crippen LogP contribution >= 0.6 is 11.8 Å². The summed E-state index contributed by atoms with van der Waals surface area (Å²) < 4.78 is 11.1. The van der Waals surface area contributed by atoms with E-state index in [9.17, 15) is 19.2 Å². The predicted octanol–water partition coefficient (Wildman–Crippen LogP) is 2.95. The first-order valence-electron chi connectivity index (χ1n) is 12.2. The lowest BCUT2D eigenvalue weighted by Gasteiger charge is -2.48. The summed E-state index contributed by atoms with van der Waals surface area (Å²) in [6, 6.07) is 5.53. The Kier molecular flexibility index (Phi) is 8.59. The predicted molar refractivity (Wildman–Crippen MR) is 142 cm³/mol. The molecule has 1 aliphatic rings. The highest BCUT2D eigenvalue weighted by molar-refractivity contribution is 7.98. The fourth-order valence-corrected chi connectivity index (χ4v) is 4.60. The van der Waals surface area contributed by atoms with Crippen LogP contribution in [-0.4, -0.2) is 69.2 Å². The quantitative estimate of drug-likeness (QED) is 0.396. The van der Waals surface area contributed by atoms with Gasteiger partial charge in [0.1, 0.15) is 11.6 Å². The molecule has 4 N–H and O–H groups in total. The number of hydrogen-bond donors (Lipinski definition) is 3. The maximum Gasteiger partial charge on any atom is 0.423 e. The van der Waals surface area contributed by atoms with Gasteiger partial charge in [-0.3, -0.25) is 9.59 Å². The van der Waals surface area contributed by atoms with Gasteiger partial charge in [-0.05, 0) is 56.7 Å². The third-order valence-electron chi connectivity index (χ3n) is 6.04. The van der Waals surface area contributed by atoms with Crippen LogP contribution in [0.1, 0.15) is 46.6 Å². The number of imide groups is 1. The summed E-state index contributed by atoms with van der Waals surface area (Å²) in [5.74, 6) is -1.86. The molecule has 1 fully saturated rings. The Labute approximate surface area is 221 Å². The zero-order valence-electron chi connectivity index (χ0n) is 22.1. The van der Waals surface area contributed by atoms with E-state index in [1.165, 1.54) is 0 Å². The number of para-hydroxylation sites is 1. The van der Waals surface area contributed by atoms with Crippen molar-refractivity contribution >= 4 is 46.5 Å². The molecule has 3 atom stereocenters. The topological polar surface area (TPSA) is 144 Å². The maximum atomic E-state index is 13.8. The van der Waals surface area contributed by atoms with Gasteiger partial charge in [0.2, 0.25) is 5.91 Å². The molecule has 2 heterocycles. The summed E-state index contributed by atoms with van der Waals surface area (Å²) in [5, 5.41) is 3.49. The molecule has 1 saturated heterocycles. The highest BCUT2D eigenvalue weighted by Gasteiger charge is 2.65. The Balaban J connectivity index is 1.97. The van der Waals surface area contributed by atoms with E-state index in [-0.39, 0.29) is 6.42 Å². The average molecular weight is 533 g/mol. The Morgan fingerprint density at radius 3 is 2.51 bits per heavy atom. The number of ether oxygens (including phenoxy) is 2. The van der Waals surface area contributed by atoms with E-state index in [2.05, 4.69) is 10.3 Å². The molecular formula is C26H36N4O6S. The zero-order valence-corrected chi connectivity index (χ0v) is 22.9. The Morgan fingerprint density at radius 2 is 1.92 bits per heavy atom. The van der Waals surface area contributed by atoms with Crippen molar-refractivity contribution in [1.82, 2.24) is 15.2 Å². The van der Waals surface area contributed by atoms with Gasteiger partial charge in [-0.1, -0.05) is 32.0 Å². The van der Waals surface area contributed by atoms with Crippen molar-refractivity contribution in [3.63, 3.8) is 0 Å². The van der Waals surface area contributed by atoms with Gasteiger partial charge in [0.25, 0.3) is 5.91 Å². The Morgan fingerprint density at radius 1 is 1.24 bits per heavy atom. The number of cyclic esters (lactones) is 1. The lowest BCUT2D eigenvalue weighted by Crippen LogP contribution is -2.75. The number of carbonyl (C=O) groups is 4. The van der Waals surface area contributed by atoms with Gasteiger partial charge in [0.05, 0.1) is 6.04 Å². The number of carbonyl (C=O) groups excluding carboxylic acids is 4. The Bertz CT molecular complexity index is 1170. The van der Waals surface area contributed by atoms with Crippen LogP contribution in [0, 0.1) is 5.92 Å². The summed E-state index contributed by atoms with van der Waals surface area (Å²) in [7, 11) is 0. The number of nitrogens with two attached hydrogens (primary N) is 1. The molecule has 0 bridgehead atoms. The number of thioether (sulfide) groups is 1. The second kappa shape index (κ2) is 11.1. The number of nitrogens with zero attached hydrogens (tertiary/aromatic N) is 1. The summed E-state index contributed by atoms with van der Waals surface area (Å²) in [5.41, 5.74) is 4.56. The summed E-state index contributed by atoms with van der Waals surface area (Å²) in [6.45, 7) is 8.52. The van der Waals surface area contributed by atoms with Gasteiger partial charge in [-0.2, -0.15) is 16.7 Å². The molecule has 37 heavy (non-hydrogen) atoms. The molecule has 10 nitrogen and oxygen atoms in total. The van der Waals surface area contributed by atoms with Crippen molar-refractivity contribution in [2.75, 3.05) is 12.0 Å². The number of nitrogens with one attached hydrogen (secondary N) is 2. The van der Waals surface area contributed by atoms with Gasteiger partial charge in [-0.15, -0.1) is 0 Å². The lowest BCUT2D eigenvalue weighted by molar-refractivity contribution is -0.226. The minimum atomic E-state index is -2.02.